The van der Waals surface area contributed by atoms with Crippen LogP contribution in [0.2, 0.25) is 0 Å². The van der Waals surface area contributed by atoms with Crippen molar-refractivity contribution in [1.29, 1.82) is 0 Å². The van der Waals surface area contributed by atoms with Crippen molar-refractivity contribution in [3.8, 4) is 0 Å². The molecule has 2 aliphatic heterocycles. The highest BCUT2D eigenvalue weighted by molar-refractivity contribution is 5.93. The first-order valence-corrected chi connectivity index (χ1v) is 9.13. The number of nitrogens with zero attached hydrogens (tertiary/aromatic N) is 2. The van der Waals surface area contributed by atoms with Crippen LogP contribution in [0.3, 0.4) is 0 Å². The van der Waals surface area contributed by atoms with Gasteiger partial charge in [-0.1, -0.05) is 33.3 Å². The van der Waals surface area contributed by atoms with Gasteiger partial charge in [0.15, 0.2) is 5.84 Å². The van der Waals surface area contributed by atoms with E-state index in [0.717, 1.165) is 38.5 Å². The van der Waals surface area contributed by atoms with Crippen molar-refractivity contribution in [2.24, 2.45) is 10.9 Å². The van der Waals surface area contributed by atoms with Crippen molar-refractivity contribution in [2.45, 2.75) is 64.7 Å². The van der Waals surface area contributed by atoms with Gasteiger partial charge in [-0.3, -0.25) is 15.5 Å². The van der Waals surface area contributed by atoms with Crippen LogP contribution in [0.1, 0.15) is 52.4 Å². The largest absolute Gasteiger partial charge is 0.463 e. The number of carbonyl (C=O) groups is 1. The number of carbonyl (C=O) groups excluding carboxylic acids is 1. The second-order valence-electron chi connectivity index (χ2n) is 6.15. The molecule has 3 rings (SSSR count). The van der Waals surface area contributed by atoms with Crippen molar-refractivity contribution >= 4 is 11.8 Å². The first-order chi connectivity index (χ1) is 12.2. The van der Waals surface area contributed by atoms with E-state index in [9.17, 15) is 4.79 Å². The molecule has 2 atom stereocenters. The lowest BCUT2D eigenvalue weighted by Gasteiger charge is -2.29. The number of rotatable bonds is 4. The number of hydrogen-bond acceptors (Lipinski definition) is 7. The highest BCUT2D eigenvalue weighted by Gasteiger charge is 2.32. The summed E-state index contributed by atoms with van der Waals surface area (Å²) in [5.74, 6) is 0.833. The third-order valence-electron chi connectivity index (χ3n) is 4.55. The van der Waals surface area contributed by atoms with Gasteiger partial charge in [-0.2, -0.15) is 0 Å². The van der Waals surface area contributed by atoms with Crippen molar-refractivity contribution in [2.75, 3.05) is 6.61 Å². The van der Waals surface area contributed by atoms with Gasteiger partial charge < -0.3 is 14.4 Å². The summed E-state index contributed by atoms with van der Waals surface area (Å²) in [5, 5.41) is 8.84. The topological polar surface area (TPSA) is 83.4 Å². The molecule has 7 nitrogen and oxygen atoms in total. The summed E-state index contributed by atoms with van der Waals surface area (Å²) >= 11 is 0. The number of amidine groups is 1. The summed E-state index contributed by atoms with van der Waals surface area (Å²) in [4.78, 5) is 17.9. The van der Waals surface area contributed by atoms with E-state index in [0.29, 0.717) is 18.3 Å². The van der Waals surface area contributed by atoms with E-state index in [1.165, 1.54) is 0 Å². The Labute approximate surface area is 149 Å². The summed E-state index contributed by atoms with van der Waals surface area (Å²) in [7, 11) is 0. The highest BCUT2D eigenvalue weighted by Crippen LogP contribution is 2.29. The van der Waals surface area contributed by atoms with E-state index in [4.69, 9.17) is 14.7 Å². The number of ether oxygens (including phenoxy) is 2. The van der Waals surface area contributed by atoms with Crippen molar-refractivity contribution in [1.82, 2.24) is 10.4 Å². The lowest BCUT2D eigenvalue weighted by atomic mass is 10.1. The molecular weight excluding hydrogens is 322 g/mol. The van der Waals surface area contributed by atoms with Crippen molar-refractivity contribution in [3.63, 3.8) is 0 Å². The minimum Gasteiger partial charge on any atom is -0.463 e. The SMILES string of the molecule is C=C1N=C(NO)C=CN1C1CCC(COC(=O)C2CCCC2)O1.CC. The molecular formula is C18H29N3O4. The number of nitrogens with one attached hydrogen (secondary N) is 1. The molecule has 2 heterocycles. The minimum atomic E-state index is -0.169. The van der Waals surface area contributed by atoms with Crippen LogP contribution in [-0.2, 0) is 14.3 Å². The van der Waals surface area contributed by atoms with Crippen LogP contribution in [0.4, 0.5) is 0 Å². The predicted molar refractivity (Wildman–Crippen MR) is 94.6 cm³/mol. The second-order valence-corrected chi connectivity index (χ2v) is 6.15. The lowest BCUT2D eigenvalue weighted by molar-refractivity contribution is -0.153. The first-order valence-electron chi connectivity index (χ1n) is 9.13. The summed E-state index contributed by atoms with van der Waals surface area (Å²) in [6.45, 7) is 8.17. The van der Waals surface area contributed by atoms with E-state index >= 15 is 0 Å². The van der Waals surface area contributed by atoms with Crippen molar-refractivity contribution in [3.05, 3.63) is 24.7 Å². The second kappa shape index (κ2) is 9.58. The van der Waals surface area contributed by atoms with Gasteiger partial charge in [0, 0.05) is 6.20 Å². The molecule has 0 spiro atoms. The maximum atomic E-state index is 11.9. The fourth-order valence-electron chi connectivity index (χ4n) is 3.26. The molecule has 1 saturated heterocycles. The number of aliphatic imine (C=N–C) groups is 1. The molecule has 25 heavy (non-hydrogen) atoms. The average molecular weight is 351 g/mol. The molecule has 0 radical (unpaired) electrons. The monoisotopic (exact) mass is 351 g/mol. The zero-order valence-corrected chi connectivity index (χ0v) is 15.1. The molecule has 2 unspecified atom stereocenters. The van der Waals surface area contributed by atoms with E-state index in [2.05, 4.69) is 11.6 Å². The fourth-order valence-corrected chi connectivity index (χ4v) is 3.26. The van der Waals surface area contributed by atoms with Gasteiger partial charge in [0.1, 0.15) is 18.7 Å². The third-order valence-corrected chi connectivity index (χ3v) is 4.55. The van der Waals surface area contributed by atoms with Crippen LogP contribution in [0, 0.1) is 5.92 Å². The molecule has 0 aromatic rings. The zero-order valence-electron chi connectivity index (χ0n) is 15.1. The summed E-state index contributed by atoms with van der Waals surface area (Å²) in [6.07, 6.45) is 8.94. The van der Waals surface area contributed by atoms with Crippen LogP contribution >= 0.6 is 0 Å². The summed E-state index contributed by atoms with van der Waals surface area (Å²) < 4.78 is 11.4. The van der Waals surface area contributed by atoms with Crippen LogP contribution in [0.5, 0.6) is 0 Å². The Morgan fingerprint density at radius 1 is 1.40 bits per heavy atom. The summed E-state index contributed by atoms with van der Waals surface area (Å²) in [6, 6.07) is 0. The van der Waals surface area contributed by atoms with Gasteiger partial charge in [0.25, 0.3) is 0 Å². The third kappa shape index (κ3) is 5.06. The standard InChI is InChI=1S/C16H23N3O4.C2H6/c1-11-17-14(18-21)8-9-19(11)15-7-6-13(23-15)10-22-16(20)12-4-2-3-5-12;1-2/h8-9,12-13,15,21H,1-7,10H2,(H,17,18);1-2H3. The minimum absolute atomic E-state index is 0.0794. The zero-order chi connectivity index (χ0) is 18.2. The molecule has 7 heteroatoms. The van der Waals surface area contributed by atoms with E-state index in [-0.39, 0.29) is 24.2 Å². The van der Waals surface area contributed by atoms with E-state index < -0.39 is 0 Å². The normalized spacial score (nSPS) is 26.1. The van der Waals surface area contributed by atoms with Crippen LogP contribution < -0.4 is 5.48 Å². The number of hydroxylamine groups is 1. The van der Waals surface area contributed by atoms with Crippen LogP contribution in [-0.4, -0.2) is 40.9 Å². The van der Waals surface area contributed by atoms with Gasteiger partial charge in [-0.05, 0) is 31.8 Å². The maximum absolute atomic E-state index is 11.9. The van der Waals surface area contributed by atoms with Gasteiger partial charge >= 0.3 is 5.97 Å². The molecule has 0 aromatic carbocycles. The number of hydrogen-bond donors (Lipinski definition) is 2. The highest BCUT2D eigenvalue weighted by atomic mass is 16.6. The molecule has 2 fully saturated rings. The Bertz CT molecular complexity index is 526. The average Bonchev–Trinajstić information content (AvgIpc) is 3.33. The fraction of sp³-hybridized carbons (Fsp3) is 0.667. The Kier molecular flexibility index (Phi) is 7.46. The number of esters is 1. The van der Waals surface area contributed by atoms with Gasteiger partial charge in [0.05, 0.1) is 12.0 Å². The molecule has 2 N–H and O–H groups in total. The Morgan fingerprint density at radius 2 is 2.12 bits per heavy atom. The first kappa shape index (κ1) is 19.5. The van der Waals surface area contributed by atoms with Crippen LogP contribution in [0.15, 0.2) is 29.7 Å². The van der Waals surface area contributed by atoms with E-state index in [1.54, 1.807) is 12.3 Å². The van der Waals surface area contributed by atoms with Crippen molar-refractivity contribution < 1.29 is 19.5 Å². The quantitative estimate of drug-likeness (QED) is 0.598. The molecule has 0 aromatic heterocycles. The predicted octanol–water partition coefficient (Wildman–Crippen LogP) is 2.93. The molecule has 0 amide bonds. The molecule has 1 saturated carbocycles. The molecule has 3 aliphatic rings. The Balaban J connectivity index is 0.00000109. The Hall–Kier alpha value is -1.86. The molecule has 140 valence electrons. The van der Waals surface area contributed by atoms with Gasteiger partial charge in [-0.25, -0.2) is 4.99 Å². The Morgan fingerprint density at radius 3 is 2.76 bits per heavy atom. The van der Waals surface area contributed by atoms with Gasteiger partial charge in [-0.15, -0.1) is 0 Å². The summed E-state index contributed by atoms with van der Waals surface area (Å²) in [5.41, 5.74) is 1.99. The van der Waals surface area contributed by atoms with Crippen LogP contribution in [0.25, 0.3) is 0 Å². The molecule has 1 aliphatic carbocycles. The molecule has 0 bridgehead atoms. The lowest BCUT2D eigenvalue weighted by Crippen LogP contribution is -2.34. The maximum Gasteiger partial charge on any atom is 0.309 e. The van der Waals surface area contributed by atoms with Gasteiger partial charge in [0.2, 0.25) is 0 Å². The smallest absolute Gasteiger partial charge is 0.309 e. The van der Waals surface area contributed by atoms with E-state index in [1.807, 2.05) is 24.2 Å².